The van der Waals surface area contributed by atoms with Crippen molar-refractivity contribution in [2.45, 2.75) is 57.3 Å². The van der Waals surface area contributed by atoms with Gasteiger partial charge in [0, 0.05) is 39.0 Å². The number of hydrogen-bond donors (Lipinski definition) is 2. The summed E-state index contributed by atoms with van der Waals surface area (Å²) in [5.74, 6) is 1.16. The number of benzene rings is 1. The van der Waals surface area contributed by atoms with E-state index in [1.807, 2.05) is 4.90 Å². The molecule has 32 heavy (non-hydrogen) atoms. The Morgan fingerprint density at radius 3 is 2.72 bits per heavy atom. The highest BCUT2D eigenvalue weighted by Crippen LogP contribution is 2.34. The van der Waals surface area contributed by atoms with Gasteiger partial charge in [-0.2, -0.15) is 11.8 Å². The smallest absolute Gasteiger partial charge is 0.351 e. The average Bonchev–Trinajstić information content (AvgIpc) is 3.03. The number of rotatable bonds is 9. The Kier molecular flexibility index (Phi) is 9.37. The molecule has 0 aliphatic carbocycles. The summed E-state index contributed by atoms with van der Waals surface area (Å²) in [6.07, 6.45) is 5.86. The summed E-state index contributed by atoms with van der Waals surface area (Å²) in [6.45, 7) is 4.34. The van der Waals surface area contributed by atoms with Crippen LogP contribution >= 0.6 is 35.0 Å². The number of hydrogen-bond acceptors (Lipinski definition) is 6. The van der Waals surface area contributed by atoms with Gasteiger partial charge >= 0.3 is 6.09 Å². The first-order valence-corrected chi connectivity index (χ1v) is 13.3. The number of amides is 2. The van der Waals surface area contributed by atoms with Crippen molar-refractivity contribution in [3.63, 3.8) is 0 Å². The first-order valence-electron chi connectivity index (χ1n) is 11.1. The number of hydroxylamine groups is 2. The molecule has 2 saturated heterocycles. The Bertz CT molecular complexity index is 805. The summed E-state index contributed by atoms with van der Waals surface area (Å²) < 4.78 is 0. The largest absolute Gasteiger partial charge is 0.426 e. The minimum absolute atomic E-state index is 0.124. The fourth-order valence-electron chi connectivity index (χ4n) is 4.27. The van der Waals surface area contributed by atoms with Gasteiger partial charge in [0.05, 0.1) is 21.7 Å². The highest BCUT2D eigenvalue weighted by Gasteiger charge is 2.51. The molecular weight excluding hydrogens is 471 g/mol. The third-order valence-corrected chi connectivity index (χ3v) is 7.44. The molecule has 1 aromatic carbocycles. The molecule has 1 unspecified atom stereocenters. The summed E-state index contributed by atoms with van der Waals surface area (Å²) in [5.41, 5.74) is 0.497. The van der Waals surface area contributed by atoms with Crippen molar-refractivity contribution in [1.82, 2.24) is 20.6 Å². The van der Waals surface area contributed by atoms with Crippen LogP contribution in [0.15, 0.2) is 18.2 Å². The molecule has 0 bridgehead atoms. The number of nitrogens with zero attached hydrogens (tertiary/aromatic N) is 2. The number of carbonyl (C=O) groups is 2. The predicted octanol–water partition coefficient (Wildman–Crippen LogP) is 4.28. The monoisotopic (exact) mass is 502 g/mol. The Morgan fingerprint density at radius 2 is 2.06 bits per heavy atom. The van der Waals surface area contributed by atoms with E-state index in [0.717, 1.165) is 50.0 Å². The summed E-state index contributed by atoms with van der Waals surface area (Å²) in [7, 11) is 0. The van der Waals surface area contributed by atoms with E-state index in [4.69, 9.17) is 28.0 Å². The molecule has 2 fully saturated rings. The maximum Gasteiger partial charge on any atom is 0.426 e. The number of unbranched alkanes of at least 4 members (excludes halogenated alkanes) is 1. The lowest BCUT2D eigenvalue weighted by Gasteiger charge is -2.43. The number of piperidine rings is 1. The van der Waals surface area contributed by atoms with E-state index >= 15 is 0 Å². The average molecular weight is 503 g/mol. The fraction of sp³-hybridized carbons (Fsp3) is 0.636. The number of nitrogens with one attached hydrogen (secondary N) is 2. The zero-order chi connectivity index (χ0) is 23.1. The van der Waals surface area contributed by atoms with Crippen LogP contribution in [0.3, 0.4) is 0 Å². The lowest BCUT2D eigenvalue weighted by Crippen LogP contribution is -2.59. The number of halogens is 2. The van der Waals surface area contributed by atoms with Gasteiger partial charge in [-0.15, -0.1) is 5.06 Å². The Morgan fingerprint density at radius 1 is 1.31 bits per heavy atom. The van der Waals surface area contributed by atoms with Crippen molar-refractivity contribution in [3.05, 3.63) is 33.8 Å². The quantitative estimate of drug-likeness (QED) is 0.524. The highest BCUT2D eigenvalue weighted by molar-refractivity contribution is 7.98. The Balaban J connectivity index is 1.52. The molecule has 1 atom stereocenters. The van der Waals surface area contributed by atoms with Crippen molar-refractivity contribution in [2.24, 2.45) is 0 Å². The van der Waals surface area contributed by atoms with Crippen molar-refractivity contribution < 1.29 is 14.4 Å². The first-order chi connectivity index (χ1) is 15.4. The van der Waals surface area contributed by atoms with Crippen molar-refractivity contribution in [3.8, 4) is 0 Å². The van der Waals surface area contributed by atoms with Gasteiger partial charge in [0.25, 0.3) is 0 Å². The van der Waals surface area contributed by atoms with Crippen LogP contribution in [0.1, 0.15) is 44.6 Å². The van der Waals surface area contributed by atoms with Gasteiger partial charge in [-0.25, -0.2) is 4.79 Å². The van der Waals surface area contributed by atoms with E-state index < -0.39 is 6.09 Å². The van der Waals surface area contributed by atoms with Gasteiger partial charge in [0.15, 0.2) is 0 Å². The van der Waals surface area contributed by atoms with Crippen LogP contribution in [0.25, 0.3) is 0 Å². The van der Waals surface area contributed by atoms with Crippen LogP contribution in [0.2, 0.25) is 10.0 Å². The molecule has 2 aliphatic rings. The standard InChI is InChI=1S/C22H32Cl2N4O3S/c1-3-4-10-28-20(29)19(7-13-32-2)26-22(28)8-11-27(12-9-22)31-21(30)25-15-16-5-6-17(23)18(24)14-16/h5-6,14,19,26H,3-4,7-13,15H2,1-2H3,(H,25,30). The van der Waals surface area contributed by atoms with Gasteiger partial charge in [-0.1, -0.05) is 42.6 Å². The van der Waals surface area contributed by atoms with E-state index in [0.29, 0.717) is 29.7 Å². The van der Waals surface area contributed by atoms with Crippen LogP contribution in [-0.2, 0) is 16.2 Å². The minimum Gasteiger partial charge on any atom is -0.351 e. The van der Waals surface area contributed by atoms with Gasteiger partial charge in [0.2, 0.25) is 5.91 Å². The molecule has 0 radical (unpaired) electrons. The summed E-state index contributed by atoms with van der Waals surface area (Å²) >= 11 is 13.7. The van der Waals surface area contributed by atoms with E-state index in [1.54, 1.807) is 35.0 Å². The van der Waals surface area contributed by atoms with E-state index in [2.05, 4.69) is 23.8 Å². The second kappa shape index (κ2) is 11.8. The number of carbonyl (C=O) groups excluding carboxylic acids is 2. The Hall–Kier alpha value is -1.19. The van der Waals surface area contributed by atoms with Crippen LogP contribution < -0.4 is 10.6 Å². The van der Waals surface area contributed by atoms with Gasteiger partial charge in [-0.05, 0) is 42.5 Å². The molecule has 2 heterocycles. The molecule has 0 saturated carbocycles. The summed E-state index contributed by atoms with van der Waals surface area (Å²) in [4.78, 5) is 32.8. The first kappa shape index (κ1) is 25.4. The molecule has 1 spiro atoms. The topological polar surface area (TPSA) is 73.9 Å². The molecule has 178 valence electrons. The highest BCUT2D eigenvalue weighted by atomic mass is 35.5. The molecule has 3 rings (SSSR count). The van der Waals surface area contributed by atoms with Crippen molar-refractivity contribution in [2.75, 3.05) is 31.6 Å². The van der Waals surface area contributed by atoms with Crippen molar-refractivity contribution >= 4 is 47.0 Å². The Labute approximate surface area is 204 Å². The van der Waals surface area contributed by atoms with Crippen LogP contribution in [0.5, 0.6) is 0 Å². The van der Waals surface area contributed by atoms with E-state index in [9.17, 15) is 9.59 Å². The zero-order valence-corrected chi connectivity index (χ0v) is 21.0. The lowest BCUT2D eigenvalue weighted by molar-refractivity contribution is -0.147. The normalized spacial score (nSPS) is 20.7. The molecule has 2 amide bonds. The van der Waals surface area contributed by atoms with E-state index in [-0.39, 0.29) is 17.6 Å². The van der Waals surface area contributed by atoms with Crippen molar-refractivity contribution in [1.29, 1.82) is 0 Å². The lowest BCUT2D eigenvalue weighted by atomic mass is 9.96. The fourth-order valence-corrected chi connectivity index (χ4v) is 5.06. The summed E-state index contributed by atoms with van der Waals surface area (Å²) in [5, 5.41) is 8.98. The number of thioether (sulfide) groups is 1. The van der Waals surface area contributed by atoms with Crippen LogP contribution in [0, 0.1) is 0 Å². The molecule has 2 N–H and O–H groups in total. The van der Waals surface area contributed by atoms with E-state index in [1.165, 1.54) is 0 Å². The van der Waals surface area contributed by atoms with Gasteiger partial charge in [0.1, 0.15) is 0 Å². The molecular formula is C22H32Cl2N4O3S. The summed E-state index contributed by atoms with van der Waals surface area (Å²) in [6, 6.07) is 5.10. The van der Waals surface area contributed by atoms with Gasteiger partial charge in [-0.3, -0.25) is 10.1 Å². The molecule has 1 aromatic rings. The maximum absolute atomic E-state index is 13.0. The molecule has 10 heteroatoms. The minimum atomic E-state index is -0.511. The predicted molar refractivity (Wildman–Crippen MR) is 130 cm³/mol. The second-order valence-electron chi connectivity index (χ2n) is 8.26. The third kappa shape index (κ3) is 6.23. The maximum atomic E-state index is 13.0. The van der Waals surface area contributed by atoms with Crippen LogP contribution in [-0.4, -0.2) is 65.3 Å². The van der Waals surface area contributed by atoms with Gasteiger partial charge < -0.3 is 15.1 Å². The second-order valence-corrected chi connectivity index (χ2v) is 10.1. The molecule has 7 nitrogen and oxygen atoms in total. The zero-order valence-electron chi connectivity index (χ0n) is 18.7. The third-order valence-electron chi connectivity index (χ3n) is 6.05. The molecule has 2 aliphatic heterocycles. The van der Waals surface area contributed by atoms with Crippen LogP contribution in [0.4, 0.5) is 4.79 Å². The SMILES string of the molecule is CCCCN1C(=O)C(CCSC)NC12CCN(OC(=O)NCc1ccc(Cl)c(Cl)c1)CC2. The molecule has 0 aromatic heterocycles.